The number of ketones is 1. The Hall–Kier alpha value is -2.17. The molecule has 2 rings (SSSR count). The highest BCUT2D eigenvalue weighted by molar-refractivity contribution is 6.10. The van der Waals surface area contributed by atoms with Gasteiger partial charge in [-0.05, 0) is 0 Å². The Bertz CT molecular complexity index is 437. The highest BCUT2D eigenvalue weighted by Gasteiger charge is 2.37. The topological polar surface area (TPSA) is 69.7 Å². The van der Waals surface area contributed by atoms with Crippen LogP contribution in [0.1, 0.15) is 16.8 Å². The Balaban J connectivity index is 2.21. The van der Waals surface area contributed by atoms with Crippen molar-refractivity contribution >= 4 is 17.7 Å². The normalized spacial score (nSPS) is 19.9. The maximum absolute atomic E-state index is 11.8. The summed E-state index contributed by atoms with van der Waals surface area (Å²) in [6.07, 6.45) is -0.271. The molecule has 1 aliphatic rings. The van der Waals surface area contributed by atoms with Crippen molar-refractivity contribution in [2.75, 3.05) is 0 Å². The van der Waals surface area contributed by atoms with Gasteiger partial charge in [0.15, 0.2) is 5.78 Å². The van der Waals surface area contributed by atoms with E-state index in [9.17, 15) is 14.4 Å². The van der Waals surface area contributed by atoms with Crippen molar-refractivity contribution in [3.05, 3.63) is 35.9 Å². The standard InChI is InChI=1S/C11H8O5/c12-9-6-8(11(14)16-15-9)10(13)7-4-2-1-3-5-7/h1-5,8H,6H2. The second kappa shape index (κ2) is 4.14. The number of benzene rings is 1. The van der Waals surface area contributed by atoms with Gasteiger partial charge in [-0.2, -0.15) is 0 Å². The lowest BCUT2D eigenvalue weighted by atomic mass is 9.94. The number of rotatable bonds is 2. The SMILES string of the molecule is O=C1CC(C(=O)c2ccccc2)C(=O)OO1. The van der Waals surface area contributed by atoms with Crippen molar-refractivity contribution in [1.82, 2.24) is 0 Å². The van der Waals surface area contributed by atoms with Crippen molar-refractivity contribution < 1.29 is 24.2 Å². The fourth-order valence-electron chi connectivity index (χ4n) is 1.43. The second-order valence-corrected chi connectivity index (χ2v) is 3.34. The number of Topliss-reactive ketones (excluding diaryl/α,β-unsaturated/α-hetero) is 1. The second-order valence-electron chi connectivity index (χ2n) is 3.34. The minimum atomic E-state index is -1.09. The quantitative estimate of drug-likeness (QED) is 0.420. The monoisotopic (exact) mass is 220 g/mol. The predicted octanol–water partition coefficient (Wildman–Crippen LogP) is 0.891. The zero-order valence-electron chi connectivity index (χ0n) is 8.21. The van der Waals surface area contributed by atoms with Crippen molar-refractivity contribution in [3.8, 4) is 0 Å². The molecule has 0 spiro atoms. The minimum absolute atomic E-state index is 0.271. The van der Waals surface area contributed by atoms with Gasteiger partial charge in [0, 0.05) is 5.56 Å². The van der Waals surface area contributed by atoms with Crippen LogP contribution in [0.4, 0.5) is 0 Å². The van der Waals surface area contributed by atoms with Gasteiger partial charge in [0.2, 0.25) is 0 Å². The van der Waals surface area contributed by atoms with Crippen LogP contribution in [-0.4, -0.2) is 17.7 Å². The zero-order valence-corrected chi connectivity index (χ0v) is 8.21. The van der Waals surface area contributed by atoms with E-state index in [2.05, 4.69) is 9.78 Å². The molecule has 1 fully saturated rings. The molecule has 5 nitrogen and oxygen atoms in total. The summed E-state index contributed by atoms with van der Waals surface area (Å²) in [4.78, 5) is 42.2. The highest BCUT2D eigenvalue weighted by atomic mass is 17.2. The van der Waals surface area contributed by atoms with E-state index in [4.69, 9.17) is 0 Å². The third-order valence-corrected chi connectivity index (χ3v) is 2.25. The Morgan fingerprint density at radius 2 is 1.81 bits per heavy atom. The van der Waals surface area contributed by atoms with E-state index in [0.29, 0.717) is 5.56 Å². The van der Waals surface area contributed by atoms with Crippen molar-refractivity contribution in [1.29, 1.82) is 0 Å². The fraction of sp³-hybridized carbons (Fsp3) is 0.182. The fourth-order valence-corrected chi connectivity index (χ4v) is 1.43. The predicted molar refractivity (Wildman–Crippen MR) is 51.1 cm³/mol. The van der Waals surface area contributed by atoms with E-state index in [1.54, 1.807) is 30.3 Å². The molecule has 0 aliphatic carbocycles. The lowest BCUT2D eigenvalue weighted by Crippen LogP contribution is -2.34. The first kappa shape index (κ1) is 10.4. The largest absolute Gasteiger partial charge is 0.366 e. The molecular formula is C11H8O5. The Kier molecular flexibility index (Phi) is 2.68. The first-order valence-corrected chi connectivity index (χ1v) is 4.69. The number of hydrogen-bond donors (Lipinski definition) is 0. The summed E-state index contributed by atoms with van der Waals surface area (Å²) in [5.74, 6) is -3.06. The summed E-state index contributed by atoms with van der Waals surface area (Å²) in [7, 11) is 0. The Morgan fingerprint density at radius 1 is 1.12 bits per heavy atom. The molecule has 0 N–H and O–H groups in total. The molecule has 0 amide bonds. The summed E-state index contributed by atoms with van der Waals surface area (Å²) < 4.78 is 0. The number of carbonyl (C=O) groups is 3. The van der Waals surface area contributed by atoms with Gasteiger partial charge >= 0.3 is 11.9 Å². The molecule has 16 heavy (non-hydrogen) atoms. The zero-order chi connectivity index (χ0) is 11.5. The van der Waals surface area contributed by atoms with E-state index in [-0.39, 0.29) is 6.42 Å². The average Bonchev–Trinajstić information content (AvgIpc) is 2.32. The molecule has 1 heterocycles. The third-order valence-electron chi connectivity index (χ3n) is 2.25. The molecule has 0 bridgehead atoms. The van der Waals surface area contributed by atoms with Crippen LogP contribution < -0.4 is 0 Å². The lowest BCUT2D eigenvalue weighted by molar-refractivity contribution is -0.271. The Labute approximate surface area is 90.9 Å². The smallest absolute Gasteiger partial charge is 0.293 e. The third kappa shape index (κ3) is 1.93. The molecule has 1 aliphatic heterocycles. The molecule has 1 saturated heterocycles. The summed E-state index contributed by atoms with van der Waals surface area (Å²) in [5.41, 5.74) is 0.374. The molecular weight excluding hydrogens is 212 g/mol. The van der Waals surface area contributed by atoms with Crippen LogP contribution >= 0.6 is 0 Å². The van der Waals surface area contributed by atoms with Gasteiger partial charge in [-0.3, -0.25) is 4.79 Å². The van der Waals surface area contributed by atoms with E-state index < -0.39 is 23.6 Å². The van der Waals surface area contributed by atoms with Crippen molar-refractivity contribution in [2.45, 2.75) is 6.42 Å². The number of hydrogen-bond acceptors (Lipinski definition) is 5. The summed E-state index contributed by atoms with van der Waals surface area (Å²) in [5, 5.41) is 0. The molecule has 0 radical (unpaired) electrons. The van der Waals surface area contributed by atoms with Crippen LogP contribution in [-0.2, 0) is 19.4 Å². The van der Waals surface area contributed by atoms with Crippen LogP contribution in [0.15, 0.2) is 30.3 Å². The van der Waals surface area contributed by atoms with Crippen LogP contribution in [0.2, 0.25) is 0 Å². The van der Waals surface area contributed by atoms with Gasteiger partial charge in [-0.1, -0.05) is 30.3 Å². The average molecular weight is 220 g/mol. The molecule has 5 heteroatoms. The maximum atomic E-state index is 11.8. The first-order chi connectivity index (χ1) is 7.68. The molecule has 1 aromatic carbocycles. The molecule has 1 atom stereocenters. The van der Waals surface area contributed by atoms with Gasteiger partial charge in [-0.15, -0.1) is 0 Å². The molecule has 0 aromatic heterocycles. The summed E-state index contributed by atoms with van der Waals surface area (Å²) in [6.45, 7) is 0. The molecule has 82 valence electrons. The lowest BCUT2D eigenvalue weighted by Gasteiger charge is -2.16. The van der Waals surface area contributed by atoms with Crippen LogP contribution in [0, 0.1) is 5.92 Å². The molecule has 0 saturated carbocycles. The van der Waals surface area contributed by atoms with Gasteiger partial charge < -0.3 is 0 Å². The highest BCUT2D eigenvalue weighted by Crippen LogP contribution is 2.19. The van der Waals surface area contributed by atoms with E-state index in [1.165, 1.54) is 0 Å². The summed E-state index contributed by atoms with van der Waals surface area (Å²) in [6, 6.07) is 8.27. The molecule has 1 unspecified atom stereocenters. The maximum Gasteiger partial charge on any atom is 0.366 e. The van der Waals surface area contributed by atoms with E-state index in [0.717, 1.165) is 0 Å². The minimum Gasteiger partial charge on any atom is -0.293 e. The Morgan fingerprint density at radius 3 is 2.50 bits per heavy atom. The van der Waals surface area contributed by atoms with Gasteiger partial charge in [0.1, 0.15) is 5.92 Å². The van der Waals surface area contributed by atoms with E-state index >= 15 is 0 Å². The van der Waals surface area contributed by atoms with Crippen molar-refractivity contribution in [3.63, 3.8) is 0 Å². The van der Waals surface area contributed by atoms with Gasteiger partial charge in [-0.25, -0.2) is 19.4 Å². The first-order valence-electron chi connectivity index (χ1n) is 4.69. The van der Waals surface area contributed by atoms with E-state index in [1.807, 2.05) is 0 Å². The van der Waals surface area contributed by atoms with Crippen LogP contribution in [0.25, 0.3) is 0 Å². The summed E-state index contributed by atoms with van der Waals surface area (Å²) >= 11 is 0. The van der Waals surface area contributed by atoms with Gasteiger partial charge in [0.25, 0.3) is 0 Å². The van der Waals surface area contributed by atoms with Crippen LogP contribution in [0.5, 0.6) is 0 Å². The van der Waals surface area contributed by atoms with Crippen LogP contribution in [0.3, 0.4) is 0 Å². The molecule has 1 aromatic rings. The number of carbonyl (C=O) groups excluding carboxylic acids is 3. The van der Waals surface area contributed by atoms with Crippen molar-refractivity contribution in [2.24, 2.45) is 5.92 Å². The van der Waals surface area contributed by atoms with Gasteiger partial charge in [0.05, 0.1) is 6.42 Å².